The molecule has 1 aliphatic heterocycles. The van der Waals surface area contributed by atoms with E-state index in [0.717, 1.165) is 0 Å². The maximum Gasteiger partial charge on any atom is 0.391 e. The topological polar surface area (TPSA) is 66.2 Å². The molecule has 0 bridgehead atoms. The lowest BCUT2D eigenvalue weighted by atomic mass is 9.81. The monoisotopic (exact) mass is 429 g/mol. The minimum absolute atomic E-state index is 0.0207. The van der Waals surface area contributed by atoms with E-state index >= 15 is 0 Å². The van der Waals surface area contributed by atoms with Crippen molar-refractivity contribution in [2.45, 2.75) is 45.2 Å². The highest BCUT2D eigenvalue weighted by molar-refractivity contribution is 6.30. The highest BCUT2D eigenvalue weighted by Gasteiger charge is 2.44. The molecule has 1 unspecified atom stereocenters. The normalized spacial score (nSPS) is 27.5. The molecule has 1 aliphatic carbocycles. The first kappa shape index (κ1) is 21.7. The largest absolute Gasteiger partial charge is 0.490 e. The highest BCUT2D eigenvalue weighted by atomic mass is 35.5. The zero-order valence-electron chi connectivity index (χ0n) is 16.1. The molecule has 5 nitrogen and oxygen atoms in total. The van der Waals surface area contributed by atoms with Crippen molar-refractivity contribution >= 4 is 17.5 Å². The summed E-state index contributed by atoms with van der Waals surface area (Å²) in [6.45, 7) is 3.30. The molecule has 2 heterocycles. The number of ether oxygens (including phenoxy) is 1. The molecule has 1 saturated heterocycles. The third-order valence-corrected chi connectivity index (χ3v) is 6.12. The number of carbonyl (C=O) groups is 1. The fourth-order valence-electron chi connectivity index (χ4n) is 4.12. The van der Waals surface area contributed by atoms with E-state index in [1.54, 1.807) is 4.90 Å². The van der Waals surface area contributed by atoms with Crippen LogP contribution in [0.5, 0.6) is 5.75 Å². The van der Waals surface area contributed by atoms with Gasteiger partial charge < -0.3 is 9.64 Å². The first-order valence-corrected chi connectivity index (χ1v) is 10.0. The number of carbonyl (C=O) groups excluding carboxylic acids is 1. The summed E-state index contributed by atoms with van der Waals surface area (Å²) in [7, 11) is 0. The maximum atomic E-state index is 12.8. The molecule has 0 radical (unpaired) electrons. The van der Waals surface area contributed by atoms with Crippen molar-refractivity contribution in [1.29, 1.82) is 5.26 Å². The van der Waals surface area contributed by atoms with Gasteiger partial charge in [0.1, 0.15) is 6.07 Å². The molecule has 2 fully saturated rings. The smallest absolute Gasteiger partial charge is 0.391 e. The molecule has 9 heteroatoms. The van der Waals surface area contributed by atoms with Gasteiger partial charge in [-0.15, -0.1) is 0 Å². The fraction of sp³-hybridized carbons (Fsp3) is 0.650. The number of nitriles is 1. The van der Waals surface area contributed by atoms with Gasteiger partial charge in [0.15, 0.2) is 11.4 Å². The van der Waals surface area contributed by atoms with Crippen LogP contribution in [0.2, 0.25) is 5.02 Å². The first-order chi connectivity index (χ1) is 13.6. The summed E-state index contributed by atoms with van der Waals surface area (Å²) < 4.78 is 44.3. The summed E-state index contributed by atoms with van der Waals surface area (Å²) >= 11 is 5.92. The van der Waals surface area contributed by atoms with E-state index in [-0.39, 0.29) is 55.2 Å². The Balaban J connectivity index is 1.55. The van der Waals surface area contributed by atoms with Crippen LogP contribution in [-0.4, -0.2) is 41.7 Å². The molecular weight excluding hydrogens is 407 g/mol. The SMILES string of the molecule is CC1(COc2cc(Cl)cnc2C#N)CCN(C(=O)C2CCC(C(F)(F)F)CC2)C1. The summed E-state index contributed by atoms with van der Waals surface area (Å²) in [5.41, 5.74) is -0.168. The van der Waals surface area contributed by atoms with Crippen molar-refractivity contribution in [1.82, 2.24) is 9.88 Å². The van der Waals surface area contributed by atoms with Gasteiger partial charge in [-0.3, -0.25) is 4.79 Å². The van der Waals surface area contributed by atoms with Crippen LogP contribution >= 0.6 is 11.6 Å². The standard InChI is InChI=1S/C20H23ClF3N3O2/c1-19(12-29-17-8-15(21)10-26-16(17)9-25)6-7-27(11-19)18(28)13-2-4-14(5-3-13)20(22,23)24/h8,10,13-14H,2-7,11-12H2,1H3. The Morgan fingerprint density at radius 3 is 2.72 bits per heavy atom. The summed E-state index contributed by atoms with van der Waals surface area (Å²) in [4.78, 5) is 18.5. The Labute approximate surface area is 172 Å². The summed E-state index contributed by atoms with van der Waals surface area (Å²) in [5.74, 6) is -1.38. The number of rotatable bonds is 4. The van der Waals surface area contributed by atoms with Crippen LogP contribution < -0.4 is 4.74 Å². The van der Waals surface area contributed by atoms with Gasteiger partial charge in [-0.2, -0.15) is 18.4 Å². The Kier molecular flexibility index (Phi) is 6.27. The van der Waals surface area contributed by atoms with Crippen molar-refractivity contribution in [2.75, 3.05) is 19.7 Å². The number of pyridine rings is 1. The van der Waals surface area contributed by atoms with Crippen molar-refractivity contribution in [2.24, 2.45) is 17.3 Å². The predicted octanol–water partition coefficient (Wildman–Crippen LogP) is 4.59. The second-order valence-electron chi connectivity index (χ2n) is 8.31. The quantitative estimate of drug-likeness (QED) is 0.702. The molecule has 2 aliphatic rings. The van der Waals surface area contributed by atoms with Gasteiger partial charge in [-0.05, 0) is 32.1 Å². The molecule has 1 aromatic rings. The van der Waals surface area contributed by atoms with E-state index in [1.807, 2.05) is 13.0 Å². The van der Waals surface area contributed by atoms with Crippen LogP contribution in [0.25, 0.3) is 0 Å². The predicted molar refractivity (Wildman–Crippen MR) is 100 cm³/mol. The molecule has 3 rings (SSSR count). The van der Waals surface area contributed by atoms with Gasteiger partial charge in [0.2, 0.25) is 5.91 Å². The van der Waals surface area contributed by atoms with Crippen LogP contribution in [0, 0.1) is 28.6 Å². The molecule has 1 aromatic heterocycles. The number of halogens is 4. The van der Waals surface area contributed by atoms with E-state index in [0.29, 0.717) is 30.3 Å². The molecular formula is C20H23ClF3N3O2. The average molecular weight is 430 g/mol. The zero-order chi connectivity index (χ0) is 21.2. The van der Waals surface area contributed by atoms with E-state index < -0.39 is 12.1 Å². The molecule has 1 atom stereocenters. The van der Waals surface area contributed by atoms with Crippen molar-refractivity contribution in [3.05, 3.63) is 23.0 Å². The Morgan fingerprint density at radius 1 is 1.41 bits per heavy atom. The molecule has 0 N–H and O–H groups in total. The maximum absolute atomic E-state index is 12.8. The Morgan fingerprint density at radius 2 is 2.10 bits per heavy atom. The van der Waals surface area contributed by atoms with Crippen molar-refractivity contribution < 1.29 is 22.7 Å². The number of likely N-dealkylation sites (tertiary alicyclic amines) is 1. The fourth-order valence-corrected chi connectivity index (χ4v) is 4.27. The minimum atomic E-state index is -4.17. The number of hydrogen-bond acceptors (Lipinski definition) is 4. The van der Waals surface area contributed by atoms with Crippen LogP contribution in [0.3, 0.4) is 0 Å². The molecule has 158 valence electrons. The van der Waals surface area contributed by atoms with Gasteiger partial charge >= 0.3 is 6.18 Å². The summed E-state index contributed by atoms with van der Waals surface area (Å²) in [5, 5.41) is 9.50. The summed E-state index contributed by atoms with van der Waals surface area (Å²) in [6.07, 6.45) is -1.47. The molecule has 0 spiro atoms. The Hall–Kier alpha value is -2.01. The van der Waals surface area contributed by atoms with Crippen molar-refractivity contribution in [3.63, 3.8) is 0 Å². The van der Waals surface area contributed by atoms with Gasteiger partial charge in [0.05, 0.1) is 17.5 Å². The van der Waals surface area contributed by atoms with E-state index in [2.05, 4.69) is 4.98 Å². The van der Waals surface area contributed by atoms with Gasteiger partial charge in [-0.1, -0.05) is 18.5 Å². The van der Waals surface area contributed by atoms with Gasteiger partial charge in [-0.25, -0.2) is 4.98 Å². The zero-order valence-corrected chi connectivity index (χ0v) is 16.9. The Bertz CT molecular complexity index is 803. The van der Waals surface area contributed by atoms with Crippen LogP contribution in [0.4, 0.5) is 13.2 Å². The second kappa shape index (κ2) is 8.39. The number of amides is 1. The first-order valence-electron chi connectivity index (χ1n) is 9.65. The number of nitrogens with zero attached hydrogens (tertiary/aromatic N) is 3. The highest BCUT2D eigenvalue weighted by Crippen LogP contribution is 2.41. The lowest BCUT2D eigenvalue weighted by Crippen LogP contribution is -2.39. The van der Waals surface area contributed by atoms with E-state index in [1.165, 1.54) is 12.3 Å². The van der Waals surface area contributed by atoms with Gasteiger partial charge in [0.25, 0.3) is 0 Å². The average Bonchev–Trinajstić information content (AvgIpc) is 3.08. The van der Waals surface area contributed by atoms with Gasteiger partial charge in [0, 0.05) is 36.7 Å². The minimum Gasteiger partial charge on any atom is -0.490 e. The van der Waals surface area contributed by atoms with E-state index in [4.69, 9.17) is 21.6 Å². The molecule has 0 aromatic carbocycles. The van der Waals surface area contributed by atoms with E-state index in [9.17, 15) is 18.0 Å². The molecule has 1 saturated carbocycles. The summed E-state index contributed by atoms with van der Waals surface area (Å²) in [6, 6.07) is 3.49. The molecule has 1 amide bonds. The number of aromatic nitrogens is 1. The van der Waals surface area contributed by atoms with Crippen LogP contribution in [0.1, 0.15) is 44.7 Å². The van der Waals surface area contributed by atoms with Crippen molar-refractivity contribution in [3.8, 4) is 11.8 Å². The van der Waals surface area contributed by atoms with Crippen LogP contribution in [-0.2, 0) is 4.79 Å². The lowest BCUT2D eigenvalue weighted by Gasteiger charge is -2.32. The second-order valence-corrected chi connectivity index (χ2v) is 8.75. The number of alkyl halides is 3. The third-order valence-electron chi connectivity index (χ3n) is 5.91. The van der Waals surface area contributed by atoms with Crippen LogP contribution in [0.15, 0.2) is 12.3 Å². The lowest BCUT2D eigenvalue weighted by molar-refractivity contribution is -0.185. The third kappa shape index (κ3) is 5.13. The number of hydrogen-bond donors (Lipinski definition) is 0. The molecule has 29 heavy (non-hydrogen) atoms.